The van der Waals surface area contributed by atoms with E-state index in [9.17, 15) is 9.59 Å². The van der Waals surface area contributed by atoms with Crippen LogP contribution in [-0.2, 0) is 14.3 Å². The standard InChI is InChI=1S/C37H69NO4/c1-5-7-9-11-13-15-17-19-21-23-25-27-29-31-33-35(37(3,4)42-36(40)41-33)38-34(39)32-30-28-26-24-22-20-18-16-14-12-10-8-6-2/h29,31,33,35H,5-28,30,32H2,1-4H3,(H,38,39)/b31-29+. The second-order valence-electron chi connectivity index (χ2n) is 13.3. The second kappa shape index (κ2) is 25.9. The Hall–Kier alpha value is -1.52. The van der Waals surface area contributed by atoms with Gasteiger partial charge in [-0.3, -0.25) is 4.79 Å². The van der Waals surface area contributed by atoms with E-state index in [0.29, 0.717) is 6.42 Å². The van der Waals surface area contributed by atoms with Crippen molar-refractivity contribution >= 4 is 12.1 Å². The molecule has 1 rings (SSSR count). The van der Waals surface area contributed by atoms with Crippen LogP contribution in [0.2, 0.25) is 0 Å². The largest absolute Gasteiger partial charge is 0.509 e. The number of amides is 1. The van der Waals surface area contributed by atoms with Gasteiger partial charge in [-0.1, -0.05) is 161 Å². The van der Waals surface area contributed by atoms with Gasteiger partial charge in [-0.2, -0.15) is 0 Å². The third-order valence-corrected chi connectivity index (χ3v) is 8.78. The van der Waals surface area contributed by atoms with Crippen molar-refractivity contribution in [1.82, 2.24) is 5.32 Å². The molecule has 1 amide bonds. The molecule has 2 unspecified atom stereocenters. The van der Waals surface area contributed by atoms with E-state index in [0.717, 1.165) is 25.7 Å². The smallest absolute Gasteiger partial charge is 0.426 e. The van der Waals surface area contributed by atoms with E-state index >= 15 is 0 Å². The molecular weight excluding hydrogens is 522 g/mol. The molecule has 0 aromatic rings. The first-order chi connectivity index (χ1) is 20.4. The highest BCUT2D eigenvalue weighted by Gasteiger charge is 2.45. The second-order valence-corrected chi connectivity index (χ2v) is 13.3. The molecule has 1 fully saturated rings. The Labute approximate surface area is 260 Å². The van der Waals surface area contributed by atoms with Gasteiger partial charge in [0, 0.05) is 6.42 Å². The van der Waals surface area contributed by atoms with Crippen LogP contribution in [0, 0.1) is 0 Å². The summed E-state index contributed by atoms with van der Waals surface area (Å²) in [5.74, 6) is 0.0152. The number of cyclic esters (lactones) is 2. The highest BCUT2D eigenvalue weighted by molar-refractivity contribution is 5.77. The number of rotatable bonds is 28. The zero-order valence-corrected chi connectivity index (χ0v) is 28.3. The minimum atomic E-state index is -0.813. The number of unbranched alkanes of at least 4 members (excludes halogenated alkanes) is 23. The molecule has 1 aliphatic rings. The summed E-state index contributed by atoms with van der Waals surface area (Å²) in [6.07, 6.45) is 35.8. The van der Waals surface area contributed by atoms with E-state index in [4.69, 9.17) is 9.47 Å². The lowest BCUT2D eigenvalue weighted by Crippen LogP contribution is -2.61. The summed E-state index contributed by atoms with van der Waals surface area (Å²) in [5, 5.41) is 3.13. The predicted octanol–water partition coefficient (Wildman–Crippen LogP) is 11.5. The average molecular weight is 592 g/mol. The van der Waals surface area contributed by atoms with Crippen LogP contribution < -0.4 is 5.32 Å². The maximum atomic E-state index is 12.8. The van der Waals surface area contributed by atoms with Crippen LogP contribution in [0.5, 0.6) is 0 Å². The number of hydrogen-bond donors (Lipinski definition) is 1. The highest BCUT2D eigenvalue weighted by Crippen LogP contribution is 2.27. The van der Waals surface area contributed by atoms with Gasteiger partial charge in [0.2, 0.25) is 5.91 Å². The lowest BCUT2D eigenvalue weighted by Gasteiger charge is -2.41. The van der Waals surface area contributed by atoms with Crippen LogP contribution in [0.3, 0.4) is 0 Å². The number of carbonyl (C=O) groups excluding carboxylic acids is 2. The molecule has 2 atom stereocenters. The zero-order valence-electron chi connectivity index (χ0n) is 28.3. The van der Waals surface area contributed by atoms with E-state index in [1.165, 1.54) is 135 Å². The third kappa shape index (κ3) is 20.4. The molecule has 0 spiro atoms. The van der Waals surface area contributed by atoms with E-state index in [2.05, 4.69) is 25.2 Å². The Morgan fingerprint density at radius 3 is 1.52 bits per heavy atom. The van der Waals surface area contributed by atoms with Gasteiger partial charge in [-0.05, 0) is 39.2 Å². The molecule has 5 heteroatoms. The first kappa shape index (κ1) is 38.5. The Morgan fingerprint density at radius 2 is 1.07 bits per heavy atom. The number of carbonyl (C=O) groups is 2. The van der Waals surface area contributed by atoms with Gasteiger partial charge >= 0.3 is 6.16 Å². The molecular formula is C37H69NO4. The van der Waals surface area contributed by atoms with Gasteiger partial charge in [0.15, 0.2) is 0 Å². The van der Waals surface area contributed by atoms with Crippen molar-refractivity contribution in [2.24, 2.45) is 0 Å². The van der Waals surface area contributed by atoms with Crippen molar-refractivity contribution in [2.45, 2.75) is 212 Å². The fourth-order valence-electron chi connectivity index (χ4n) is 5.99. The Balaban J connectivity index is 2.20. The van der Waals surface area contributed by atoms with Crippen LogP contribution in [0.1, 0.15) is 195 Å². The molecule has 1 heterocycles. The molecule has 1 aliphatic heterocycles. The molecule has 0 aromatic carbocycles. The first-order valence-electron chi connectivity index (χ1n) is 18.3. The van der Waals surface area contributed by atoms with Crippen molar-refractivity contribution in [3.05, 3.63) is 12.2 Å². The summed E-state index contributed by atoms with van der Waals surface area (Å²) in [7, 11) is 0. The highest BCUT2D eigenvalue weighted by atomic mass is 16.7. The molecule has 0 bridgehead atoms. The molecule has 1 N–H and O–H groups in total. The Morgan fingerprint density at radius 1 is 0.667 bits per heavy atom. The molecule has 5 nitrogen and oxygen atoms in total. The van der Waals surface area contributed by atoms with Crippen molar-refractivity contribution < 1.29 is 19.1 Å². The summed E-state index contributed by atoms with van der Waals surface area (Å²) in [4.78, 5) is 24.9. The van der Waals surface area contributed by atoms with E-state index in [1.807, 2.05) is 19.9 Å². The van der Waals surface area contributed by atoms with Crippen molar-refractivity contribution in [3.63, 3.8) is 0 Å². The Kier molecular flexibility index (Phi) is 23.8. The summed E-state index contributed by atoms with van der Waals surface area (Å²) in [6, 6.07) is -0.391. The molecule has 246 valence electrons. The fraction of sp³-hybridized carbons (Fsp3) is 0.892. The minimum Gasteiger partial charge on any atom is -0.426 e. The predicted molar refractivity (Wildman–Crippen MR) is 178 cm³/mol. The summed E-state index contributed by atoms with van der Waals surface area (Å²) < 4.78 is 11.0. The number of nitrogens with one attached hydrogen (secondary N) is 1. The number of allylic oxidation sites excluding steroid dienone is 1. The Bertz CT molecular complexity index is 689. The summed E-state index contributed by atoms with van der Waals surface area (Å²) in [6.45, 7) is 8.25. The van der Waals surface area contributed by atoms with Crippen LogP contribution in [-0.4, -0.2) is 29.8 Å². The molecule has 42 heavy (non-hydrogen) atoms. The van der Waals surface area contributed by atoms with E-state index < -0.39 is 23.9 Å². The van der Waals surface area contributed by atoms with Gasteiger partial charge in [-0.15, -0.1) is 0 Å². The quantitative estimate of drug-likeness (QED) is 0.0558. The molecule has 0 saturated carbocycles. The molecule has 0 aliphatic carbocycles. The fourth-order valence-corrected chi connectivity index (χ4v) is 5.99. The topological polar surface area (TPSA) is 64.6 Å². The van der Waals surface area contributed by atoms with Crippen LogP contribution in [0.15, 0.2) is 12.2 Å². The monoisotopic (exact) mass is 592 g/mol. The van der Waals surface area contributed by atoms with Crippen LogP contribution in [0.25, 0.3) is 0 Å². The van der Waals surface area contributed by atoms with Gasteiger partial charge in [0.05, 0.1) is 0 Å². The van der Waals surface area contributed by atoms with Crippen molar-refractivity contribution in [2.75, 3.05) is 0 Å². The minimum absolute atomic E-state index is 0.0152. The number of ether oxygens (including phenoxy) is 2. The van der Waals surface area contributed by atoms with Crippen molar-refractivity contribution in [1.29, 1.82) is 0 Å². The van der Waals surface area contributed by atoms with Gasteiger partial charge in [-0.25, -0.2) is 4.79 Å². The molecule has 0 radical (unpaired) electrons. The van der Waals surface area contributed by atoms with Crippen LogP contribution >= 0.6 is 0 Å². The van der Waals surface area contributed by atoms with Gasteiger partial charge < -0.3 is 14.8 Å². The zero-order chi connectivity index (χ0) is 30.7. The number of hydrogen-bond acceptors (Lipinski definition) is 4. The lowest BCUT2D eigenvalue weighted by molar-refractivity contribution is -0.135. The molecule has 1 saturated heterocycles. The third-order valence-electron chi connectivity index (χ3n) is 8.78. The summed E-state index contributed by atoms with van der Waals surface area (Å²) >= 11 is 0. The van der Waals surface area contributed by atoms with Gasteiger partial charge in [0.1, 0.15) is 17.7 Å². The normalized spacial score (nSPS) is 18.2. The van der Waals surface area contributed by atoms with Gasteiger partial charge in [0.25, 0.3) is 0 Å². The maximum absolute atomic E-state index is 12.8. The average Bonchev–Trinajstić information content (AvgIpc) is 2.95. The lowest BCUT2D eigenvalue weighted by atomic mass is 9.91. The van der Waals surface area contributed by atoms with E-state index in [1.54, 1.807) is 0 Å². The SMILES string of the molecule is CCCCCCCCCCCCC/C=C/C1OC(=O)OC(C)(C)C1NC(=O)CCCCCCCCCCCCCCC. The van der Waals surface area contributed by atoms with Crippen LogP contribution in [0.4, 0.5) is 4.79 Å². The maximum Gasteiger partial charge on any atom is 0.509 e. The molecule has 0 aromatic heterocycles. The van der Waals surface area contributed by atoms with E-state index in [-0.39, 0.29) is 5.91 Å². The summed E-state index contributed by atoms with van der Waals surface area (Å²) in [5.41, 5.74) is -0.813. The first-order valence-corrected chi connectivity index (χ1v) is 18.3. The van der Waals surface area contributed by atoms with Crippen molar-refractivity contribution in [3.8, 4) is 0 Å².